The van der Waals surface area contributed by atoms with E-state index in [2.05, 4.69) is 6.58 Å². The molecule has 1 N–H and O–H groups in total. The molecule has 1 unspecified atom stereocenters. The molecule has 0 saturated heterocycles. The fraction of sp³-hybridized carbons (Fsp3) is 0.222. The van der Waals surface area contributed by atoms with Crippen LogP contribution in [0, 0.1) is 30.2 Å². The van der Waals surface area contributed by atoms with E-state index in [0.29, 0.717) is 11.3 Å². The van der Waals surface area contributed by atoms with Crippen molar-refractivity contribution in [2.24, 2.45) is 0 Å². The minimum absolute atomic E-state index is 0.0186. The summed E-state index contributed by atoms with van der Waals surface area (Å²) in [5.74, 6) is -8.14. The van der Waals surface area contributed by atoms with Gasteiger partial charge in [-0.2, -0.15) is 14.3 Å². The molecular formula is C27H25F4NO6. The Morgan fingerprint density at radius 1 is 0.974 bits per heavy atom. The van der Waals surface area contributed by atoms with Crippen LogP contribution in [0.5, 0.6) is 17.2 Å². The Balaban J connectivity index is 2.05. The highest BCUT2D eigenvalue weighted by Crippen LogP contribution is 2.40. The number of amides is 1. The maximum atomic E-state index is 15.4. The summed E-state index contributed by atoms with van der Waals surface area (Å²) in [5.41, 5.74) is 2.03. The first-order valence-corrected chi connectivity index (χ1v) is 11.2. The molecule has 11 heteroatoms. The van der Waals surface area contributed by atoms with E-state index in [9.17, 15) is 4.79 Å². The fourth-order valence-electron chi connectivity index (χ4n) is 3.41. The van der Waals surface area contributed by atoms with Crippen LogP contribution in [0.15, 0.2) is 55.1 Å². The molecule has 1 amide bonds. The molecule has 0 radical (unpaired) electrons. The van der Waals surface area contributed by atoms with Crippen LogP contribution in [0.1, 0.15) is 28.4 Å². The molecule has 0 fully saturated rings. The van der Waals surface area contributed by atoms with Crippen LogP contribution >= 0.6 is 0 Å². The summed E-state index contributed by atoms with van der Waals surface area (Å²) in [6, 6.07) is 10.8. The first-order valence-electron chi connectivity index (χ1n) is 11.2. The van der Waals surface area contributed by atoms with Gasteiger partial charge >= 0.3 is 6.09 Å². The van der Waals surface area contributed by atoms with Crippen LogP contribution in [0.3, 0.4) is 0 Å². The van der Waals surface area contributed by atoms with E-state index < -0.39 is 46.8 Å². The van der Waals surface area contributed by atoms with Crippen molar-refractivity contribution in [3.8, 4) is 17.2 Å². The Kier molecular flexibility index (Phi) is 9.55. The van der Waals surface area contributed by atoms with Gasteiger partial charge < -0.3 is 18.9 Å². The molecule has 0 aliphatic rings. The SMILES string of the molecule is C=CCOC(=O)NOC(c1ccc(OC)cc1OC)c1c(F)c(F)c(OCc2ccc(C)cc2)c(F)c1F. The molecule has 0 aromatic heterocycles. The minimum atomic E-state index is -1.93. The predicted octanol–water partition coefficient (Wildman–Crippen LogP) is 6.08. The van der Waals surface area contributed by atoms with Gasteiger partial charge in [0.1, 0.15) is 30.8 Å². The molecule has 0 aliphatic heterocycles. The summed E-state index contributed by atoms with van der Waals surface area (Å²) < 4.78 is 81.0. The Bertz CT molecular complexity index is 1270. The second-order valence-electron chi connectivity index (χ2n) is 7.87. The number of hydrogen-bond donors (Lipinski definition) is 1. The zero-order valence-corrected chi connectivity index (χ0v) is 20.8. The van der Waals surface area contributed by atoms with Crippen LogP contribution in [-0.2, 0) is 16.2 Å². The van der Waals surface area contributed by atoms with E-state index in [-0.39, 0.29) is 24.5 Å². The van der Waals surface area contributed by atoms with Gasteiger partial charge in [0.15, 0.2) is 17.4 Å². The van der Waals surface area contributed by atoms with Gasteiger partial charge in [0.25, 0.3) is 0 Å². The molecule has 38 heavy (non-hydrogen) atoms. The lowest BCUT2D eigenvalue weighted by Gasteiger charge is -2.23. The highest BCUT2D eigenvalue weighted by atomic mass is 19.2. The number of carbonyl (C=O) groups is 1. The zero-order chi connectivity index (χ0) is 27.8. The summed E-state index contributed by atoms with van der Waals surface area (Å²) >= 11 is 0. The van der Waals surface area contributed by atoms with Crippen LogP contribution in [0.2, 0.25) is 0 Å². The third-order valence-electron chi connectivity index (χ3n) is 5.34. The number of hydroxylamine groups is 1. The Morgan fingerprint density at radius 2 is 1.63 bits per heavy atom. The largest absolute Gasteiger partial charge is 0.497 e. The minimum Gasteiger partial charge on any atom is -0.497 e. The quantitative estimate of drug-likeness (QED) is 0.139. The van der Waals surface area contributed by atoms with Gasteiger partial charge in [-0.1, -0.05) is 42.5 Å². The molecule has 3 aromatic rings. The van der Waals surface area contributed by atoms with Crippen molar-refractivity contribution >= 4 is 6.09 Å². The second-order valence-corrected chi connectivity index (χ2v) is 7.87. The maximum absolute atomic E-state index is 15.4. The number of rotatable bonds is 11. The number of methoxy groups -OCH3 is 2. The van der Waals surface area contributed by atoms with Crippen LogP contribution in [0.4, 0.5) is 22.4 Å². The lowest BCUT2D eigenvalue weighted by atomic mass is 9.98. The Morgan fingerprint density at radius 3 is 2.21 bits per heavy atom. The molecule has 3 rings (SSSR count). The first-order chi connectivity index (χ1) is 18.2. The monoisotopic (exact) mass is 535 g/mol. The van der Waals surface area contributed by atoms with Gasteiger partial charge in [-0.3, -0.25) is 4.84 Å². The van der Waals surface area contributed by atoms with Crippen molar-refractivity contribution < 1.29 is 46.1 Å². The normalized spacial score (nSPS) is 11.4. The Labute approximate surface area is 216 Å². The molecule has 0 bridgehead atoms. The summed E-state index contributed by atoms with van der Waals surface area (Å²) in [7, 11) is 2.62. The van der Waals surface area contributed by atoms with Gasteiger partial charge in [-0.15, -0.1) is 0 Å². The smallest absolute Gasteiger partial charge is 0.431 e. The number of hydrogen-bond acceptors (Lipinski definition) is 6. The van der Waals surface area contributed by atoms with E-state index in [1.807, 2.05) is 12.4 Å². The predicted molar refractivity (Wildman–Crippen MR) is 129 cm³/mol. The van der Waals surface area contributed by atoms with Gasteiger partial charge in [-0.05, 0) is 24.6 Å². The van der Waals surface area contributed by atoms with E-state index >= 15 is 17.6 Å². The van der Waals surface area contributed by atoms with Crippen LogP contribution < -0.4 is 19.7 Å². The molecule has 1 atom stereocenters. The molecule has 0 spiro atoms. The molecule has 202 valence electrons. The topological polar surface area (TPSA) is 75.3 Å². The zero-order valence-electron chi connectivity index (χ0n) is 20.8. The summed E-state index contributed by atoms with van der Waals surface area (Å²) in [6.45, 7) is 4.67. The van der Waals surface area contributed by atoms with Crippen LogP contribution in [-0.4, -0.2) is 26.9 Å². The lowest BCUT2D eigenvalue weighted by Crippen LogP contribution is -2.28. The number of carbonyl (C=O) groups excluding carboxylic acids is 1. The van der Waals surface area contributed by atoms with Gasteiger partial charge in [0.05, 0.1) is 19.8 Å². The standard InChI is InChI=1S/C27H25F4NO6/c1-5-12-36-27(33)32-38-25(18-11-10-17(34-3)13-19(18)35-4)20-21(28)23(30)26(24(31)22(20)29)37-14-16-8-6-15(2)7-9-16/h5-11,13,25H,1,12,14H2,2-4H3,(H,32,33). The maximum Gasteiger partial charge on any atom is 0.431 e. The summed E-state index contributed by atoms with van der Waals surface area (Å²) in [6.07, 6.45) is -1.81. The van der Waals surface area contributed by atoms with Crippen molar-refractivity contribution in [3.63, 3.8) is 0 Å². The van der Waals surface area contributed by atoms with Gasteiger partial charge in [0, 0.05) is 11.6 Å². The number of benzene rings is 3. The van der Waals surface area contributed by atoms with Crippen molar-refractivity contribution in [2.45, 2.75) is 19.6 Å². The Hall–Kier alpha value is -4.25. The number of nitrogens with one attached hydrogen (secondary N) is 1. The van der Waals surface area contributed by atoms with Gasteiger partial charge in [0.2, 0.25) is 11.6 Å². The van der Waals surface area contributed by atoms with Crippen molar-refractivity contribution in [1.82, 2.24) is 5.48 Å². The summed E-state index contributed by atoms with van der Waals surface area (Å²) in [4.78, 5) is 17.1. The van der Waals surface area contributed by atoms with Gasteiger partial charge in [-0.25, -0.2) is 13.6 Å². The molecule has 0 aliphatic carbocycles. The first kappa shape index (κ1) is 28.3. The average molecular weight is 535 g/mol. The molecule has 0 heterocycles. The summed E-state index contributed by atoms with van der Waals surface area (Å²) in [5, 5.41) is 0. The van der Waals surface area contributed by atoms with E-state index in [4.69, 9.17) is 23.8 Å². The average Bonchev–Trinajstić information content (AvgIpc) is 2.93. The third kappa shape index (κ3) is 6.35. The van der Waals surface area contributed by atoms with Crippen molar-refractivity contribution in [1.29, 1.82) is 0 Å². The highest BCUT2D eigenvalue weighted by Gasteiger charge is 2.35. The van der Waals surface area contributed by atoms with Crippen molar-refractivity contribution in [2.75, 3.05) is 20.8 Å². The van der Waals surface area contributed by atoms with E-state index in [0.717, 1.165) is 5.56 Å². The molecule has 0 saturated carbocycles. The third-order valence-corrected chi connectivity index (χ3v) is 5.34. The molecular weight excluding hydrogens is 510 g/mol. The number of aryl methyl sites for hydroxylation is 1. The van der Waals surface area contributed by atoms with E-state index in [1.54, 1.807) is 24.3 Å². The second kappa shape index (κ2) is 12.8. The number of halogens is 4. The lowest BCUT2D eigenvalue weighted by molar-refractivity contribution is -0.00893. The number of ether oxygens (including phenoxy) is 4. The van der Waals surface area contributed by atoms with Crippen LogP contribution in [0.25, 0.3) is 0 Å². The molecule has 7 nitrogen and oxygen atoms in total. The van der Waals surface area contributed by atoms with Crippen molar-refractivity contribution in [3.05, 3.63) is 101 Å². The fourth-order valence-corrected chi connectivity index (χ4v) is 3.41. The highest BCUT2D eigenvalue weighted by molar-refractivity contribution is 5.66. The van der Waals surface area contributed by atoms with E-state index in [1.165, 1.54) is 38.5 Å². The molecule has 3 aromatic carbocycles.